The molecule has 146 valence electrons. The Morgan fingerprint density at radius 3 is 2.97 bits per heavy atom. The van der Waals surface area contributed by atoms with Crippen molar-refractivity contribution in [2.24, 2.45) is 0 Å². The molecule has 9 nitrogen and oxygen atoms in total. The molecule has 4 aromatic rings. The Bertz CT molecular complexity index is 1190. The van der Waals surface area contributed by atoms with Gasteiger partial charge in [0.2, 0.25) is 5.82 Å². The van der Waals surface area contributed by atoms with E-state index in [-0.39, 0.29) is 6.10 Å². The van der Waals surface area contributed by atoms with Crippen LogP contribution in [0.2, 0.25) is 5.02 Å². The number of halogens is 1. The van der Waals surface area contributed by atoms with Gasteiger partial charge in [-0.05, 0) is 25.0 Å². The Morgan fingerprint density at radius 2 is 2.10 bits per heavy atom. The molecule has 10 heteroatoms. The molecule has 1 aliphatic heterocycles. The first-order valence-electron chi connectivity index (χ1n) is 9.44. The molecule has 1 fully saturated rings. The van der Waals surface area contributed by atoms with Gasteiger partial charge in [-0.2, -0.15) is 10.1 Å². The second-order valence-corrected chi connectivity index (χ2v) is 7.70. The molecule has 1 atom stereocenters. The summed E-state index contributed by atoms with van der Waals surface area (Å²) in [5.74, 6) is 1.30. The minimum Gasteiger partial charge on any atom is -0.365 e. The summed E-state index contributed by atoms with van der Waals surface area (Å²) in [6, 6.07) is 9.62. The zero-order valence-electron chi connectivity index (χ0n) is 15.2. The molecule has 1 aromatic carbocycles. The minimum atomic E-state index is -0.184. The zero-order chi connectivity index (χ0) is 19.4. The Balaban J connectivity index is 1.27. The zero-order valence-corrected chi connectivity index (χ0v) is 16.0. The molecule has 29 heavy (non-hydrogen) atoms. The molecule has 2 aliphatic rings. The highest BCUT2D eigenvalue weighted by Gasteiger charge is 2.29. The summed E-state index contributed by atoms with van der Waals surface area (Å²) in [6.45, 7) is 0.844. The highest BCUT2D eigenvalue weighted by atomic mass is 35.5. The third kappa shape index (κ3) is 2.93. The van der Waals surface area contributed by atoms with Gasteiger partial charge in [-0.3, -0.25) is 5.10 Å². The number of fused-ring (bicyclic) bond motifs is 1. The first kappa shape index (κ1) is 16.9. The third-order valence-corrected chi connectivity index (χ3v) is 5.67. The van der Waals surface area contributed by atoms with Crippen molar-refractivity contribution in [1.82, 2.24) is 35.3 Å². The normalized spacial score (nSPS) is 18.7. The van der Waals surface area contributed by atoms with Gasteiger partial charge < -0.3 is 9.26 Å². The maximum absolute atomic E-state index is 6.31. The molecule has 3 aromatic heterocycles. The smallest absolute Gasteiger partial charge is 0.278 e. The summed E-state index contributed by atoms with van der Waals surface area (Å²) in [4.78, 5) is 4.46. The minimum absolute atomic E-state index is 0.184. The lowest BCUT2D eigenvalue weighted by atomic mass is 10.1. The number of H-pyrrole nitrogens is 1. The summed E-state index contributed by atoms with van der Waals surface area (Å²) in [7, 11) is 0. The number of nitrogens with zero attached hydrogens (tertiary/aromatic N) is 6. The largest absolute Gasteiger partial charge is 0.365 e. The molecule has 1 saturated carbocycles. The molecule has 0 radical (unpaired) electrons. The van der Waals surface area contributed by atoms with Crippen LogP contribution < -0.4 is 0 Å². The van der Waals surface area contributed by atoms with E-state index in [0.29, 0.717) is 47.2 Å². The number of aromatic nitrogens is 7. The van der Waals surface area contributed by atoms with Crippen LogP contribution in [0.25, 0.3) is 23.1 Å². The van der Waals surface area contributed by atoms with Crippen molar-refractivity contribution in [2.45, 2.75) is 38.0 Å². The third-order valence-electron chi connectivity index (χ3n) is 5.32. The number of hydrogen-bond donors (Lipinski definition) is 1. The van der Waals surface area contributed by atoms with E-state index in [1.165, 1.54) is 12.8 Å². The molecule has 0 spiro atoms. The first-order valence-corrected chi connectivity index (χ1v) is 9.82. The summed E-state index contributed by atoms with van der Waals surface area (Å²) in [5, 5.41) is 20.6. The number of hydrogen-bond acceptors (Lipinski definition) is 7. The average molecular weight is 410 g/mol. The number of rotatable bonds is 4. The lowest BCUT2D eigenvalue weighted by Gasteiger charge is -2.24. The Kier molecular flexibility index (Phi) is 3.78. The van der Waals surface area contributed by atoms with Crippen LogP contribution in [0.3, 0.4) is 0 Å². The predicted octanol–water partition coefficient (Wildman–Crippen LogP) is 3.52. The molecule has 0 bridgehead atoms. The summed E-state index contributed by atoms with van der Waals surface area (Å²) in [5.41, 5.74) is 4.04. The molecule has 4 heterocycles. The maximum atomic E-state index is 6.31. The van der Waals surface area contributed by atoms with Gasteiger partial charge in [-0.25, -0.2) is 4.68 Å². The summed E-state index contributed by atoms with van der Waals surface area (Å²) >= 11 is 6.31. The Morgan fingerprint density at radius 1 is 1.21 bits per heavy atom. The molecule has 6 rings (SSSR count). The van der Waals surface area contributed by atoms with E-state index in [0.717, 1.165) is 17.0 Å². The van der Waals surface area contributed by atoms with Crippen molar-refractivity contribution in [3.8, 4) is 23.1 Å². The molecule has 1 unspecified atom stereocenters. The van der Waals surface area contributed by atoms with E-state index in [1.807, 2.05) is 35.0 Å². The van der Waals surface area contributed by atoms with E-state index in [2.05, 4.69) is 30.7 Å². The number of ether oxygens (including phenoxy) is 1. The van der Waals surface area contributed by atoms with E-state index in [9.17, 15) is 0 Å². The highest BCUT2D eigenvalue weighted by molar-refractivity contribution is 6.31. The molecular weight excluding hydrogens is 394 g/mol. The van der Waals surface area contributed by atoms with E-state index >= 15 is 0 Å². The van der Waals surface area contributed by atoms with E-state index < -0.39 is 0 Å². The van der Waals surface area contributed by atoms with Crippen LogP contribution in [0, 0.1) is 0 Å². The number of benzene rings is 1. The van der Waals surface area contributed by atoms with Gasteiger partial charge in [0.1, 0.15) is 6.10 Å². The fourth-order valence-corrected chi connectivity index (χ4v) is 3.84. The molecule has 1 aliphatic carbocycles. The molecular formula is C19H16ClN7O2. The number of aromatic amines is 1. The van der Waals surface area contributed by atoms with E-state index in [1.54, 1.807) is 0 Å². The Labute approximate surface area is 170 Å². The van der Waals surface area contributed by atoms with Crippen molar-refractivity contribution in [2.75, 3.05) is 0 Å². The van der Waals surface area contributed by atoms with Gasteiger partial charge in [0.25, 0.3) is 5.89 Å². The van der Waals surface area contributed by atoms with Gasteiger partial charge in [-0.1, -0.05) is 40.2 Å². The predicted molar refractivity (Wildman–Crippen MR) is 102 cm³/mol. The van der Waals surface area contributed by atoms with Gasteiger partial charge in [0.05, 0.1) is 18.8 Å². The lowest BCUT2D eigenvalue weighted by molar-refractivity contribution is -0.00106. The first-order chi connectivity index (χ1) is 14.3. The maximum Gasteiger partial charge on any atom is 0.278 e. The van der Waals surface area contributed by atoms with Crippen molar-refractivity contribution in [3.05, 3.63) is 52.3 Å². The fraction of sp³-hybridized carbons (Fsp3) is 0.316. The van der Waals surface area contributed by atoms with Crippen LogP contribution in [-0.4, -0.2) is 35.3 Å². The van der Waals surface area contributed by atoms with Crippen LogP contribution in [0.15, 0.2) is 34.9 Å². The SMILES string of the molecule is Clc1ccccc1C1Cn2nnc(-c3noc(-c4cc(C5CC5)[nH]n4)n3)c2CO1. The second kappa shape index (κ2) is 6.50. The molecule has 0 saturated heterocycles. The van der Waals surface area contributed by atoms with Crippen LogP contribution in [0.1, 0.15) is 41.8 Å². The van der Waals surface area contributed by atoms with Gasteiger partial charge >= 0.3 is 0 Å². The fourth-order valence-electron chi connectivity index (χ4n) is 3.58. The van der Waals surface area contributed by atoms with E-state index in [4.69, 9.17) is 20.9 Å². The highest BCUT2D eigenvalue weighted by Crippen LogP contribution is 2.40. The van der Waals surface area contributed by atoms with Crippen molar-refractivity contribution < 1.29 is 9.26 Å². The quantitative estimate of drug-likeness (QED) is 0.549. The second-order valence-electron chi connectivity index (χ2n) is 7.29. The van der Waals surface area contributed by atoms with Gasteiger partial charge in [0.15, 0.2) is 11.4 Å². The number of nitrogens with one attached hydrogen (secondary N) is 1. The monoisotopic (exact) mass is 409 g/mol. The summed E-state index contributed by atoms with van der Waals surface area (Å²) < 4.78 is 13.2. The van der Waals surface area contributed by atoms with Crippen LogP contribution in [0.5, 0.6) is 0 Å². The van der Waals surface area contributed by atoms with Gasteiger partial charge in [0, 0.05) is 22.2 Å². The van der Waals surface area contributed by atoms with Gasteiger partial charge in [-0.15, -0.1) is 5.10 Å². The standard InChI is InChI=1S/C19H16ClN7O2/c20-12-4-2-1-3-11(12)16-8-27-15(9-28-16)17(24-26-27)18-21-19(29-25-18)14-7-13(22-23-14)10-5-6-10/h1-4,7,10,16H,5-6,8-9H2,(H,22,23). The van der Waals surface area contributed by atoms with Crippen molar-refractivity contribution in [3.63, 3.8) is 0 Å². The van der Waals surface area contributed by atoms with Crippen LogP contribution in [0.4, 0.5) is 0 Å². The van der Waals surface area contributed by atoms with Crippen molar-refractivity contribution in [1.29, 1.82) is 0 Å². The Hall–Kier alpha value is -3.04. The molecule has 0 amide bonds. The van der Waals surface area contributed by atoms with Crippen molar-refractivity contribution >= 4 is 11.6 Å². The van der Waals surface area contributed by atoms with Crippen LogP contribution >= 0.6 is 11.6 Å². The average Bonchev–Trinajstić information content (AvgIpc) is 3.15. The molecule has 1 N–H and O–H groups in total. The van der Waals surface area contributed by atoms with Crippen LogP contribution in [-0.2, 0) is 17.9 Å². The topological polar surface area (TPSA) is 108 Å². The lowest BCUT2D eigenvalue weighted by Crippen LogP contribution is -2.22. The summed E-state index contributed by atoms with van der Waals surface area (Å²) in [6.07, 6.45) is 2.20.